The molecule has 2 heterocycles. The number of fused-ring (bicyclic) bond motifs is 2. The molecular formula is C15H17ClN2. The van der Waals surface area contributed by atoms with Gasteiger partial charge in [0.25, 0.3) is 0 Å². The molecule has 0 unspecified atom stereocenters. The van der Waals surface area contributed by atoms with Crippen molar-refractivity contribution in [1.82, 2.24) is 10.3 Å². The maximum atomic E-state index is 6.29. The molecule has 0 atom stereocenters. The van der Waals surface area contributed by atoms with Crippen LogP contribution in [0, 0.1) is 0 Å². The minimum absolute atomic E-state index is 0.766. The van der Waals surface area contributed by atoms with Crippen molar-refractivity contribution in [3.05, 3.63) is 40.0 Å². The normalized spacial score (nSPS) is 15.4. The Morgan fingerprint density at radius 1 is 1.28 bits per heavy atom. The molecule has 0 saturated heterocycles. The fourth-order valence-electron chi connectivity index (χ4n) is 2.66. The summed E-state index contributed by atoms with van der Waals surface area (Å²) < 4.78 is 0. The van der Waals surface area contributed by atoms with Gasteiger partial charge in [-0.15, -0.1) is 0 Å². The van der Waals surface area contributed by atoms with Crippen molar-refractivity contribution in [2.24, 2.45) is 0 Å². The summed E-state index contributed by atoms with van der Waals surface area (Å²) in [6.07, 6.45) is 3.08. The molecule has 0 amide bonds. The smallest absolute Gasteiger partial charge is 0.0894 e. The predicted molar refractivity (Wildman–Crippen MR) is 76.4 cm³/mol. The van der Waals surface area contributed by atoms with Crippen LogP contribution in [0.4, 0.5) is 0 Å². The van der Waals surface area contributed by atoms with E-state index < -0.39 is 0 Å². The summed E-state index contributed by atoms with van der Waals surface area (Å²) in [5, 5.41) is 5.41. The number of hydrogen-bond donors (Lipinski definition) is 1. The van der Waals surface area contributed by atoms with Crippen molar-refractivity contribution in [1.29, 1.82) is 0 Å². The Kier molecular flexibility index (Phi) is 3.23. The molecule has 3 heteroatoms. The van der Waals surface area contributed by atoms with E-state index >= 15 is 0 Å². The van der Waals surface area contributed by atoms with E-state index in [-0.39, 0.29) is 0 Å². The third kappa shape index (κ3) is 2.00. The van der Waals surface area contributed by atoms with E-state index in [1.165, 1.54) is 22.2 Å². The fourth-order valence-corrected chi connectivity index (χ4v) is 2.87. The van der Waals surface area contributed by atoms with Gasteiger partial charge in [0.2, 0.25) is 0 Å². The first kappa shape index (κ1) is 11.9. The highest BCUT2D eigenvalue weighted by atomic mass is 35.5. The molecule has 1 aromatic carbocycles. The van der Waals surface area contributed by atoms with Gasteiger partial charge in [0, 0.05) is 24.0 Å². The molecule has 1 aliphatic rings. The number of halogens is 1. The first-order valence-electron chi connectivity index (χ1n) is 6.60. The Hall–Kier alpha value is -1.12. The van der Waals surface area contributed by atoms with E-state index in [1.54, 1.807) is 0 Å². The molecule has 2 nitrogen and oxygen atoms in total. The van der Waals surface area contributed by atoms with Crippen LogP contribution in [0.1, 0.15) is 23.7 Å². The summed E-state index contributed by atoms with van der Waals surface area (Å²) in [6.45, 7) is 4.23. The number of nitrogens with zero attached hydrogens (tertiary/aromatic N) is 1. The van der Waals surface area contributed by atoms with E-state index in [4.69, 9.17) is 16.6 Å². The summed E-state index contributed by atoms with van der Waals surface area (Å²) in [5.74, 6) is 0. The molecule has 0 radical (unpaired) electrons. The first-order valence-corrected chi connectivity index (χ1v) is 6.98. The number of rotatable bonds is 1. The van der Waals surface area contributed by atoms with Gasteiger partial charge in [0.1, 0.15) is 0 Å². The van der Waals surface area contributed by atoms with Gasteiger partial charge in [-0.25, -0.2) is 0 Å². The molecule has 18 heavy (non-hydrogen) atoms. The molecule has 94 valence electrons. The largest absolute Gasteiger partial charge is 0.316 e. The van der Waals surface area contributed by atoms with Crippen molar-refractivity contribution in [3.8, 4) is 0 Å². The quantitative estimate of drug-likeness (QED) is 0.852. The summed E-state index contributed by atoms with van der Waals surface area (Å²) in [4.78, 5) is 4.81. The number of pyridine rings is 1. The second-order valence-corrected chi connectivity index (χ2v) is 5.21. The Labute approximate surface area is 112 Å². The van der Waals surface area contributed by atoms with Crippen LogP contribution in [0.3, 0.4) is 0 Å². The van der Waals surface area contributed by atoms with Crippen LogP contribution in [-0.2, 0) is 19.3 Å². The van der Waals surface area contributed by atoms with Gasteiger partial charge in [-0.2, -0.15) is 0 Å². The third-order valence-corrected chi connectivity index (χ3v) is 3.99. The standard InChI is InChI=1S/C15H17ClN2/c1-2-10-3-4-13(16)15-12(10)9-11-5-7-17-8-6-14(11)18-15/h3-4,9,17H,2,5-8H2,1H3. The molecular weight excluding hydrogens is 244 g/mol. The van der Waals surface area contributed by atoms with Crippen LogP contribution >= 0.6 is 11.6 Å². The van der Waals surface area contributed by atoms with Crippen molar-refractivity contribution in [3.63, 3.8) is 0 Å². The minimum atomic E-state index is 0.766. The Bertz CT molecular complexity index is 593. The molecule has 2 aromatic rings. The van der Waals surface area contributed by atoms with Gasteiger partial charge in [-0.05, 0) is 42.6 Å². The van der Waals surface area contributed by atoms with E-state index in [0.29, 0.717) is 0 Å². The van der Waals surface area contributed by atoms with Crippen LogP contribution in [0.2, 0.25) is 5.02 Å². The highest BCUT2D eigenvalue weighted by molar-refractivity contribution is 6.35. The second-order valence-electron chi connectivity index (χ2n) is 4.80. The number of aryl methyl sites for hydroxylation is 1. The number of benzene rings is 1. The van der Waals surface area contributed by atoms with Gasteiger partial charge in [-0.1, -0.05) is 24.6 Å². The highest BCUT2D eigenvalue weighted by Crippen LogP contribution is 2.28. The van der Waals surface area contributed by atoms with Gasteiger partial charge < -0.3 is 5.32 Å². The lowest BCUT2D eigenvalue weighted by Gasteiger charge is -2.11. The van der Waals surface area contributed by atoms with Crippen molar-refractivity contribution in [2.75, 3.05) is 13.1 Å². The molecule has 0 saturated carbocycles. The van der Waals surface area contributed by atoms with Crippen LogP contribution in [0.15, 0.2) is 18.2 Å². The lowest BCUT2D eigenvalue weighted by atomic mass is 10.0. The molecule has 0 fully saturated rings. The van der Waals surface area contributed by atoms with E-state index in [1.807, 2.05) is 6.07 Å². The Morgan fingerprint density at radius 2 is 2.11 bits per heavy atom. The highest BCUT2D eigenvalue weighted by Gasteiger charge is 2.13. The molecule has 1 N–H and O–H groups in total. The van der Waals surface area contributed by atoms with Crippen molar-refractivity contribution in [2.45, 2.75) is 26.2 Å². The molecule has 0 spiro atoms. The summed E-state index contributed by atoms with van der Waals surface area (Å²) in [6, 6.07) is 6.39. The van der Waals surface area contributed by atoms with E-state index in [9.17, 15) is 0 Å². The van der Waals surface area contributed by atoms with Crippen molar-refractivity contribution < 1.29 is 0 Å². The van der Waals surface area contributed by atoms with Crippen LogP contribution < -0.4 is 5.32 Å². The summed E-state index contributed by atoms with van der Waals surface area (Å²) in [7, 11) is 0. The Balaban J connectivity index is 2.27. The predicted octanol–water partition coefficient (Wildman–Crippen LogP) is 3.14. The van der Waals surface area contributed by atoms with Crippen LogP contribution in [0.25, 0.3) is 10.9 Å². The molecule has 1 aromatic heterocycles. The summed E-state index contributed by atoms with van der Waals surface area (Å²) >= 11 is 6.29. The average molecular weight is 261 g/mol. The lowest BCUT2D eigenvalue weighted by molar-refractivity contribution is 0.708. The van der Waals surface area contributed by atoms with Gasteiger partial charge >= 0.3 is 0 Å². The third-order valence-electron chi connectivity index (χ3n) is 3.68. The van der Waals surface area contributed by atoms with Crippen LogP contribution in [-0.4, -0.2) is 18.1 Å². The molecule has 1 aliphatic heterocycles. The average Bonchev–Trinajstić information content (AvgIpc) is 2.62. The SMILES string of the molecule is CCc1ccc(Cl)c2nc3c(cc12)CCNCC3. The van der Waals surface area contributed by atoms with Gasteiger partial charge in [-0.3, -0.25) is 4.98 Å². The molecule has 3 rings (SSSR count). The number of nitrogens with one attached hydrogen (secondary N) is 1. The summed E-state index contributed by atoms with van der Waals surface area (Å²) in [5.41, 5.74) is 4.89. The Morgan fingerprint density at radius 3 is 2.94 bits per heavy atom. The minimum Gasteiger partial charge on any atom is -0.316 e. The van der Waals surface area contributed by atoms with E-state index in [0.717, 1.165) is 42.9 Å². The van der Waals surface area contributed by atoms with E-state index in [2.05, 4.69) is 24.4 Å². The zero-order valence-electron chi connectivity index (χ0n) is 10.6. The molecule has 0 bridgehead atoms. The lowest BCUT2D eigenvalue weighted by Crippen LogP contribution is -2.16. The maximum absolute atomic E-state index is 6.29. The molecule has 0 aliphatic carbocycles. The zero-order valence-corrected chi connectivity index (χ0v) is 11.3. The first-order chi connectivity index (χ1) is 8.79. The second kappa shape index (κ2) is 4.87. The topological polar surface area (TPSA) is 24.9 Å². The maximum Gasteiger partial charge on any atom is 0.0894 e. The van der Waals surface area contributed by atoms with Gasteiger partial charge in [0.05, 0.1) is 10.5 Å². The fraction of sp³-hybridized carbons (Fsp3) is 0.400. The van der Waals surface area contributed by atoms with Crippen LogP contribution in [0.5, 0.6) is 0 Å². The van der Waals surface area contributed by atoms with Gasteiger partial charge in [0.15, 0.2) is 0 Å². The zero-order chi connectivity index (χ0) is 12.5. The van der Waals surface area contributed by atoms with Crippen molar-refractivity contribution >= 4 is 22.5 Å². The number of hydrogen-bond acceptors (Lipinski definition) is 2. The monoisotopic (exact) mass is 260 g/mol. The number of aromatic nitrogens is 1.